The summed E-state index contributed by atoms with van der Waals surface area (Å²) < 4.78 is 24.7. The molecule has 2 aliphatic rings. The van der Waals surface area contributed by atoms with Crippen LogP contribution in [-0.2, 0) is 23.7 Å². The number of hydrogen-bond donors (Lipinski definition) is 0. The van der Waals surface area contributed by atoms with Gasteiger partial charge in [0.25, 0.3) is 0 Å². The first kappa shape index (κ1) is 12.0. The van der Waals surface area contributed by atoms with Gasteiger partial charge in [0, 0.05) is 0 Å². The second kappa shape index (κ2) is 4.79. The molecule has 0 aromatic rings. The van der Waals surface area contributed by atoms with Crippen LogP contribution in [0.5, 0.6) is 0 Å². The minimum Gasteiger partial charge on any atom is -0.431 e. The first-order chi connectivity index (χ1) is 8.13. The molecule has 2 rings (SSSR count). The predicted octanol–water partition coefficient (Wildman–Crippen LogP) is 0.854. The zero-order chi connectivity index (χ0) is 12.3. The van der Waals surface area contributed by atoms with E-state index in [0.717, 1.165) is 0 Å². The van der Waals surface area contributed by atoms with Crippen molar-refractivity contribution >= 4 is 12.3 Å². The fourth-order valence-corrected chi connectivity index (χ4v) is 1.57. The van der Waals surface area contributed by atoms with Crippen molar-refractivity contribution in [3.63, 3.8) is 0 Å². The Morgan fingerprint density at radius 2 is 1.94 bits per heavy atom. The first-order valence-electron chi connectivity index (χ1n) is 5.40. The highest BCUT2D eigenvalue weighted by molar-refractivity contribution is 5.62. The molecule has 1 unspecified atom stereocenters. The topological polar surface area (TPSA) is 80.3 Å². The molecular formula is C10H14O7. The second-order valence-corrected chi connectivity index (χ2v) is 3.98. The second-order valence-electron chi connectivity index (χ2n) is 3.98. The molecule has 0 aliphatic carbocycles. The maximum absolute atomic E-state index is 10.8. The maximum Gasteiger partial charge on any atom is 0.508 e. The molecule has 2 fully saturated rings. The highest BCUT2D eigenvalue weighted by Crippen LogP contribution is 2.23. The van der Waals surface area contributed by atoms with Crippen molar-refractivity contribution < 1.29 is 33.3 Å². The minimum atomic E-state index is -0.687. The van der Waals surface area contributed by atoms with Crippen LogP contribution in [0.4, 0.5) is 9.59 Å². The molecule has 17 heavy (non-hydrogen) atoms. The number of cyclic esters (lactones) is 4. The largest absolute Gasteiger partial charge is 0.508 e. The van der Waals surface area contributed by atoms with E-state index in [4.69, 9.17) is 18.9 Å². The van der Waals surface area contributed by atoms with Crippen LogP contribution in [0.3, 0.4) is 0 Å². The van der Waals surface area contributed by atoms with Crippen LogP contribution < -0.4 is 0 Å². The molecule has 0 saturated carbocycles. The zero-order valence-corrected chi connectivity index (χ0v) is 9.47. The highest BCUT2D eigenvalue weighted by atomic mass is 16.8. The summed E-state index contributed by atoms with van der Waals surface area (Å²) in [5, 5.41) is 0. The lowest BCUT2D eigenvalue weighted by molar-refractivity contribution is -0.163. The van der Waals surface area contributed by atoms with Crippen molar-refractivity contribution in [3.8, 4) is 0 Å². The van der Waals surface area contributed by atoms with Crippen LogP contribution in [0.25, 0.3) is 0 Å². The highest BCUT2D eigenvalue weighted by Gasteiger charge is 2.39. The summed E-state index contributed by atoms with van der Waals surface area (Å²) in [5.41, 5.74) is -0.664. The minimum absolute atomic E-state index is 0.143. The van der Waals surface area contributed by atoms with Gasteiger partial charge in [-0.05, 0) is 6.42 Å². The van der Waals surface area contributed by atoms with Crippen LogP contribution in [0, 0.1) is 0 Å². The van der Waals surface area contributed by atoms with Crippen LogP contribution in [0.15, 0.2) is 0 Å². The Labute approximate surface area is 97.9 Å². The van der Waals surface area contributed by atoms with Crippen LogP contribution in [0.1, 0.15) is 13.3 Å². The summed E-state index contributed by atoms with van der Waals surface area (Å²) in [5.74, 6) is 0. The third-order valence-corrected chi connectivity index (χ3v) is 2.78. The first-order valence-corrected chi connectivity index (χ1v) is 5.40. The number of carbonyl (C=O) groups is 2. The van der Waals surface area contributed by atoms with E-state index in [2.05, 4.69) is 4.74 Å². The normalized spacial score (nSPS) is 26.8. The predicted molar refractivity (Wildman–Crippen MR) is 52.5 cm³/mol. The molecular weight excluding hydrogens is 232 g/mol. The van der Waals surface area contributed by atoms with E-state index in [9.17, 15) is 9.59 Å². The van der Waals surface area contributed by atoms with E-state index >= 15 is 0 Å². The Morgan fingerprint density at radius 3 is 2.47 bits per heavy atom. The van der Waals surface area contributed by atoms with E-state index < -0.39 is 24.0 Å². The standard InChI is InChI=1S/C10H14O7/c1-2-10(5-14-8(11)15-6-10)16-4-7-3-13-9(12)17-7/h7H,2-6H2,1H3. The van der Waals surface area contributed by atoms with E-state index in [1.54, 1.807) is 0 Å². The Bertz CT molecular complexity index is 304. The van der Waals surface area contributed by atoms with E-state index in [1.165, 1.54) is 0 Å². The summed E-state index contributed by atoms with van der Waals surface area (Å²) in [7, 11) is 0. The molecule has 2 saturated heterocycles. The van der Waals surface area contributed by atoms with Crippen LogP contribution in [0.2, 0.25) is 0 Å². The SMILES string of the molecule is CCC1(OCC2COC(=O)O2)COC(=O)OC1. The number of ether oxygens (including phenoxy) is 5. The third-order valence-electron chi connectivity index (χ3n) is 2.78. The Morgan fingerprint density at radius 1 is 1.24 bits per heavy atom. The van der Waals surface area contributed by atoms with Gasteiger partial charge in [-0.3, -0.25) is 0 Å². The molecule has 0 radical (unpaired) electrons. The maximum atomic E-state index is 10.8. The number of hydrogen-bond acceptors (Lipinski definition) is 7. The van der Waals surface area contributed by atoms with Crippen molar-refractivity contribution in [1.29, 1.82) is 0 Å². The summed E-state index contributed by atoms with van der Waals surface area (Å²) in [6, 6.07) is 0. The average Bonchev–Trinajstić information content (AvgIpc) is 2.75. The third kappa shape index (κ3) is 2.79. The number of carbonyl (C=O) groups excluding carboxylic acids is 2. The number of rotatable bonds is 4. The van der Waals surface area contributed by atoms with Gasteiger partial charge in [0.2, 0.25) is 0 Å². The van der Waals surface area contributed by atoms with Gasteiger partial charge in [0.1, 0.15) is 25.4 Å². The van der Waals surface area contributed by atoms with Crippen molar-refractivity contribution in [2.24, 2.45) is 0 Å². The van der Waals surface area contributed by atoms with E-state index in [0.29, 0.717) is 6.42 Å². The Kier molecular flexibility index (Phi) is 3.37. The van der Waals surface area contributed by atoms with Gasteiger partial charge in [-0.1, -0.05) is 6.92 Å². The molecule has 96 valence electrons. The molecule has 0 amide bonds. The Hall–Kier alpha value is -1.50. The lowest BCUT2D eigenvalue weighted by Gasteiger charge is -2.35. The summed E-state index contributed by atoms with van der Waals surface area (Å²) in [4.78, 5) is 21.5. The molecule has 1 atom stereocenters. The van der Waals surface area contributed by atoms with Gasteiger partial charge in [-0.2, -0.15) is 0 Å². The average molecular weight is 246 g/mol. The molecule has 0 bridgehead atoms. The van der Waals surface area contributed by atoms with E-state index in [1.807, 2.05) is 6.92 Å². The van der Waals surface area contributed by atoms with Gasteiger partial charge in [0.05, 0.1) is 6.61 Å². The molecule has 0 aromatic heterocycles. The quantitative estimate of drug-likeness (QED) is 0.680. The van der Waals surface area contributed by atoms with Crippen molar-refractivity contribution in [2.45, 2.75) is 25.0 Å². The fourth-order valence-electron chi connectivity index (χ4n) is 1.57. The summed E-state index contributed by atoms with van der Waals surface area (Å²) in [6.45, 7) is 2.56. The molecule has 7 nitrogen and oxygen atoms in total. The molecule has 0 N–H and O–H groups in total. The van der Waals surface area contributed by atoms with Crippen molar-refractivity contribution in [2.75, 3.05) is 26.4 Å². The van der Waals surface area contributed by atoms with Gasteiger partial charge < -0.3 is 23.7 Å². The van der Waals surface area contributed by atoms with Gasteiger partial charge >= 0.3 is 12.3 Å². The van der Waals surface area contributed by atoms with Gasteiger partial charge in [-0.15, -0.1) is 0 Å². The van der Waals surface area contributed by atoms with E-state index in [-0.39, 0.29) is 26.4 Å². The lowest BCUT2D eigenvalue weighted by Crippen LogP contribution is -2.48. The monoisotopic (exact) mass is 246 g/mol. The van der Waals surface area contributed by atoms with Gasteiger partial charge in [0.15, 0.2) is 6.10 Å². The molecule has 2 heterocycles. The van der Waals surface area contributed by atoms with Crippen molar-refractivity contribution in [1.82, 2.24) is 0 Å². The molecule has 7 heteroatoms. The van der Waals surface area contributed by atoms with Crippen molar-refractivity contribution in [3.05, 3.63) is 0 Å². The smallest absolute Gasteiger partial charge is 0.431 e. The molecule has 0 spiro atoms. The zero-order valence-electron chi connectivity index (χ0n) is 9.47. The molecule has 2 aliphatic heterocycles. The fraction of sp³-hybridized carbons (Fsp3) is 0.800. The summed E-state index contributed by atoms with van der Waals surface area (Å²) >= 11 is 0. The summed E-state index contributed by atoms with van der Waals surface area (Å²) in [6.07, 6.45) is -1.16. The Balaban J connectivity index is 1.83. The lowest BCUT2D eigenvalue weighted by atomic mass is 10.0. The van der Waals surface area contributed by atoms with Gasteiger partial charge in [-0.25, -0.2) is 9.59 Å². The molecule has 0 aromatic carbocycles. The van der Waals surface area contributed by atoms with Crippen LogP contribution in [-0.4, -0.2) is 50.4 Å². The van der Waals surface area contributed by atoms with Crippen LogP contribution >= 0.6 is 0 Å².